The van der Waals surface area contributed by atoms with Gasteiger partial charge in [0, 0.05) is 35.7 Å². The predicted octanol–water partition coefficient (Wildman–Crippen LogP) is 5.19. The molecule has 0 saturated carbocycles. The Morgan fingerprint density at radius 3 is 2.38 bits per heavy atom. The summed E-state index contributed by atoms with van der Waals surface area (Å²) < 4.78 is 5.69. The molecule has 0 atom stereocenters. The molecule has 166 valence electrons. The monoisotopic (exact) mass is 431 g/mol. The van der Waals surface area contributed by atoms with Crippen LogP contribution >= 0.6 is 0 Å². The molecule has 3 aromatic rings. The molecule has 0 aromatic heterocycles. The first-order valence-corrected chi connectivity index (χ1v) is 10.8. The van der Waals surface area contributed by atoms with Gasteiger partial charge in [-0.3, -0.25) is 9.59 Å². The van der Waals surface area contributed by atoms with Crippen LogP contribution in [0.3, 0.4) is 0 Å². The topological polar surface area (TPSA) is 70.7 Å². The maximum Gasteiger partial charge on any atom is 0.258 e. The van der Waals surface area contributed by atoms with Gasteiger partial charge in [0.2, 0.25) is 5.91 Å². The Balaban J connectivity index is 1.50. The van der Waals surface area contributed by atoms with Crippen LogP contribution in [0.1, 0.15) is 30.1 Å². The van der Waals surface area contributed by atoms with Crippen LogP contribution in [0, 0.1) is 0 Å². The fourth-order valence-corrected chi connectivity index (χ4v) is 3.08. The van der Waals surface area contributed by atoms with E-state index < -0.39 is 0 Å². The summed E-state index contributed by atoms with van der Waals surface area (Å²) in [6.45, 7) is 2.92. The second-order valence-corrected chi connectivity index (χ2v) is 7.41. The zero-order valence-corrected chi connectivity index (χ0v) is 18.5. The molecule has 2 amide bonds. The summed E-state index contributed by atoms with van der Waals surface area (Å²) in [6.07, 6.45) is 2.09. The van der Waals surface area contributed by atoms with Crippen LogP contribution in [0.25, 0.3) is 0 Å². The SMILES string of the molecule is CCCCOc1cccc(NCC(=O)Nc2ccc(C(=O)N(C)c3ccccc3)cc2)c1. The molecule has 0 aliphatic rings. The first-order valence-electron chi connectivity index (χ1n) is 10.8. The lowest BCUT2D eigenvalue weighted by Crippen LogP contribution is -2.26. The zero-order valence-electron chi connectivity index (χ0n) is 18.5. The van der Waals surface area contributed by atoms with E-state index in [9.17, 15) is 9.59 Å². The number of amides is 2. The van der Waals surface area contributed by atoms with Gasteiger partial charge in [0.25, 0.3) is 5.91 Å². The van der Waals surface area contributed by atoms with Crippen LogP contribution in [-0.4, -0.2) is 32.0 Å². The van der Waals surface area contributed by atoms with Crippen LogP contribution in [0.4, 0.5) is 17.1 Å². The van der Waals surface area contributed by atoms with Gasteiger partial charge >= 0.3 is 0 Å². The number of anilines is 3. The van der Waals surface area contributed by atoms with Crippen LogP contribution in [0.2, 0.25) is 0 Å². The molecule has 3 rings (SSSR count). The molecule has 0 aliphatic heterocycles. The number of nitrogens with one attached hydrogen (secondary N) is 2. The Morgan fingerprint density at radius 2 is 1.66 bits per heavy atom. The molecular formula is C26H29N3O3. The summed E-state index contributed by atoms with van der Waals surface area (Å²) in [6, 6.07) is 23.9. The van der Waals surface area contributed by atoms with E-state index in [2.05, 4.69) is 17.6 Å². The van der Waals surface area contributed by atoms with Crippen molar-refractivity contribution >= 4 is 28.9 Å². The molecule has 0 radical (unpaired) electrons. The highest BCUT2D eigenvalue weighted by atomic mass is 16.5. The molecule has 6 heteroatoms. The van der Waals surface area contributed by atoms with Gasteiger partial charge in [-0.2, -0.15) is 0 Å². The zero-order chi connectivity index (χ0) is 22.8. The first kappa shape index (κ1) is 22.9. The first-order chi connectivity index (χ1) is 15.6. The van der Waals surface area contributed by atoms with Gasteiger partial charge < -0.3 is 20.3 Å². The lowest BCUT2D eigenvalue weighted by atomic mass is 10.1. The van der Waals surface area contributed by atoms with Crippen molar-refractivity contribution in [3.63, 3.8) is 0 Å². The van der Waals surface area contributed by atoms with Crippen molar-refractivity contribution in [3.8, 4) is 5.75 Å². The average Bonchev–Trinajstić information content (AvgIpc) is 2.83. The minimum atomic E-state index is -0.178. The molecule has 32 heavy (non-hydrogen) atoms. The molecule has 0 unspecified atom stereocenters. The molecule has 0 spiro atoms. The molecule has 0 heterocycles. The number of hydrogen-bond acceptors (Lipinski definition) is 4. The Kier molecular flexibility index (Phi) is 8.26. The van der Waals surface area contributed by atoms with Crippen molar-refractivity contribution in [2.45, 2.75) is 19.8 Å². The Bertz CT molecular complexity index is 1020. The molecule has 0 saturated heterocycles. The van der Waals surface area contributed by atoms with Crippen molar-refractivity contribution in [1.82, 2.24) is 0 Å². The lowest BCUT2D eigenvalue weighted by molar-refractivity contribution is -0.114. The normalized spacial score (nSPS) is 10.3. The van der Waals surface area contributed by atoms with Crippen LogP contribution in [0.15, 0.2) is 78.9 Å². The van der Waals surface area contributed by atoms with Crippen LogP contribution in [-0.2, 0) is 4.79 Å². The van der Waals surface area contributed by atoms with Gasteiger partial charge in [0.1, 0.15) is 5.75 Å². The van der Waals surface area contributed by atoms with Gasteiger partial charge in [-0.1, -0.05) is 37.6 Å². The van der Waals surface area contributed by atoms with E-state index in [1.165, 1.54) is 0 Å². The fourth-order valence-electron chi connectivity index (χ4n) is 3.08. The minimum Gasteiger partial charge on any atom is -0.494 e. The fraction of sp³-hybridized carbons (Fsp3) is 0.231. The van der Waals surface area contributed by atoms with Crippen molar-refractivity contribution in [2.24, 2.45) is 0 Å². The second kappa shape index (κ2) is 11.6. The third-order valence-corrected chi connectivity index (χ3v) is 4.92. The molecule has 6 nitrogen and oxygen atoms in total. The number of carbonyl (C=O) groups excluding carboxylic acids is 2. The number of nitrogens with zero attached hydrogens (tertiary/aromatic N) is 1. The Labute approximate surface area is 189 Å². The Hall–Kier alpha value is -3.80. The molecule has 0 aliphatic carbocycles. The standard InChI is InChI=1S/C26H29N3O3/c1-3-4-17-32-24-12-8-9-22(18-24)27-19-25(30)28-21-15-13-20(14-16-21)26(31)29(2)23-10-6-5-7-11-23/h5-16,18,27H,3-4,17,19H2,1-2H3,(H,28,30). The maximum atomic E-state index is 12.7. The quantitative estimate of drug-likeness (QED) is 0.433. The predicted molar refractivity (Wildman–Crippen MR) is 130 cm³/mol. The highest BCUT2D eigenvalue weighted by Gasteiger charge is 2.13. The van der Waals surface area contributed by atoms with Crippen molar-refractivity contribution in [2.75, 3.05) is 35.7 Å². The smallest absolute Gasteiger partial charge is 0.258 e. The summed E-state index contributed by atoms with van der Waals surface area (Å²) in [4.78, 5) is 26.6. The van der Waals surface area contributed by atoms with E-state index in [1.54, 1.807) is 36.2 Å². The van der Waals surface area contributed by atoms with Gasteiger partial charge in [-0.25, -0.2) is 0 Å². The summed E-state index contributed by atoms with van der Waals surface area (Å²) >= 11 is 0. The summed E-state index contributed by atoms with van der Waals surface area (Å²) in [7, 11) is 1.74. The van der Waals surface area contributed by atoms with E-state index in [1.807, 2.05) is 54.6 Å². The average molecular weight is 432 g/mol. The number of rotatable bonds is 10. The molecule has 2 N–H and O–H groups in total. The molecule has 3 aromatic carbocycles. The maximum absolute atomic E-state index is 12.7. The number of hydrogen-bond donors (Lipinski definition) is 2. The number of benzene rings is 3. The number of para-hydroxylation sites is 1. The Morgan fingerprint density at radius 1 is 0.906 bits per heavy atom. The van der Waals surface area contributed by atoms with E-state index >= 15 is 0 Å². The van der Waals surface area contributed by atoms with E-state index in [4.69, 9.17) is 4.74 Å². The minimum absolute atomic E-state index is 0.114. The summed E-state index contributed by atoms with van der Waals surface area (Å²) in [5.74, 6) is 0.490. The summed E-state index contributed by atoms with van der Waals surface area (Å²) in [5.41, 5.74) is 2.82. The number of carbonyl (C=O) groups is 2. The molecular weight excluding hydrogens is 402 g/mol. The lowest BCUT2D eigenvalue weighted by Gasteiger charge is -2.17. The largest absolute Gasteiger partial charge is 0.494 e. The van der Waals surface area contributed by atoms with Crippen LogP contribution in [0.5, 0.6) is 5.75 Å². The second-order valence-electron chi connectivity index (χ2n) is 7.41. The van der Waals surface area contributed by atoms with Crippen LogP contribution < -0.4 is 20.3 Å². The van der Waals surface area contributed by atoms with E-state index in [-0.39, 0.29) is 18.4 Å². The van der Waals surface area contributed by atoms with Crippen molar-refractivity contribution in [1.29, 1.82) is 0 Å². The number of ether oxygens (including phenoxy) is 1. The van der Waals surface area contributed by atoms with Gasteiger partial charge in [0.05, 0.1) is 13.2 Å². The van der Waals surface area contributed by atoms with Gasteiger partial charge in [0.15, 0.2) is 0 Å². The molecule has 0 fully saturated rings. The molecule has 0 bridgehead atoms. The van der Waals surface area contributed by atoms with E-state index in [0.29, 0.717) is 17.9 Å². The third kappa shape index (κ3) is 6.60. The van der Waals surface area contributed by atoms with Gasteiger partial charge in [-0.15, -0.1) is 0 Å². The number of unbranched alkanes of at least 4 members (excludes halogenated alkanes) is 1. The van der Waals surface area contributed by atoms with E-state index in [0.717, 1.165) is 30.0 Å². The van der Waals surface area contributed by atoms with Crippen molar-refractivity contribution < 1.29 is 14.3 Å². The summed E-state index contributed by atoms with van der Waals surface area (Å²) in [5, 5.41) is 5.94. The van der Waals surface area contributed by atoms with Crippen molar-refractivity contribution in [3.05, 3.63) is 84.4 Å². The highest BCUT2D eigenvalue weighted by Crippen LogP contribution is 2.18. The van der Waals surface area contributed by atoms with Gasteiger partial charge in [-0.05, 0) is 55.0 Å². The third-order valence-electron chi connectivity index (χ3n) is 4.92. The highest BCUT2D eigenvalue weighted by molar-refractivity contribution is 6.06.